The fraction of sp³-hybridized carbons (Fsp3) is 0.500. The van der Waals surface area contributed by atoms with Gasteiger partial charge in [0.15, 0.2) is 0 Å². The summed E-state index contributed by atoms with van der Waals surface area (Å²) in [6.45, 7) is 5.75. The van der Waals surface area contributed by atoms with Gasteiger partial charge in [0, 0.05) is 24.1 Å². The fourth-order valence-corrected chi connectivity index (χ4v) is 1.03. The van der Waals surface area contributed by atoms with Gasteiger partial charge in [0.05, 0.1) is 0 Å². The molecular weight excluding hydrogens is 162 g/mol. The molecule has 0 spiro atoms. The Morgan fingerprint density at radius 2 is 2.38 bits per heavy atom. The van der Waals surface area contributed by atoms with Crippen molar-refractivity contribution in [2.75, 3.05) is 18.4 Å². The van der Waals surface area contributed by atoms with Crippen LogP contribution in [0.5, 0.6) is 0 Å². The van der Waals surface area contributed by atoms with Crippen LogP contribution in [0.15, 0.2) is 18.3 Å². The highest BCUT2D eigenvalue weighted by Gasteiger charge is 1.98. The van der Waals surface area contributed by atoms with E-state index in [1.165, 1.54) is 0 Å². The summed E-state index contributed by atoms with van der Waals surface area (Å²) in [4.78, 5) is 4.12. The molecule has 13 heavy (non-hydrogen) atoms. The average molecular weight is 179 g/mol. The van der Waals surface area contributed by atoms with Crippen molar-refractivity contribution in [1.29, 1.82) is 0 Å². The van der Waals surface area contributed by atoms with Crippen molar-refractivity contribution >= 4 is 5.69 Å². The van der Waals surface area contributed by atoms with E-state index >= 15 is 0 Å². The van der Waals surface area contributed by atoms with Crippen molar-refractivity contribution in [3.8, 4) is 0 Å². The smallest absolute Gasteiger partial charge is 0.0393 e. The molecule has 1 unspecified atom stereocenters. The van der Waals surface area contributed by atoms with E-state index < -0.39 is 0 Å². The Morgan fingerprint density at radius 1 is 1.62 bits per heavy atom. The SMILES string of the molecule is Cc1cc(NCC(C)CN)ccn1. The first kappa shape index (κ1) is 9.99. The normalized spacial score (nSPS) is 12.5. The molecule has 1 rings (SSSR count). The molecule has 1 atom stereocenters. The first-order valence-corrected chi connectivity index (χ1v) is 4.59. The standard InChI is InChI=1S/C10H17N3/c1-8(6-11)7-13-10-3-4-12-9(2)5-10/h3-5,8H,6-7,11H2,1-2H3,(H,12,13). The maximum Gasteiger partial charge on any atom is 0.0393 e. The Balaban J connectivity index is 2.45. The largest absolute Gasteiger partial charge is 0.385 e. The van der Waals surface area contributed by atoms with Crippen LogP contribution in [0.1, 0.15) is 12.6 Å². The van der Waals surface area contributed by atoms with Crippen LogP contribution in [0.25, 0.3) is 0 Å². The molecular formula is C10H17N3. The number of hydrogen-bond donors (Lipinski definition) is 2. The molecule has 0 radical (unpaired) electrons. The van der Waals surface area contributed by atoms with Crippen LogP contribution < -0.4 is 11.1 Å². The third-order valence-electron chi connectivity index (χ3n) is 1.95. The molecule has 3 nitrogen and oxygen atoms in total. The number of aryl methyl sites for hydroxylation is 1. The summed E-state index contributed by atoms with van der Waals surface area (Å²) >= 11 is 0. The van der Waals surface area contributed by atoms with Gasteiger partial charge in [-0.25, -0.2) is 0 Å². The lowest BCUT2D eigenvalue weighted by Gasteiger charge is -2.11. The van der Waals surface area contributed by atoms with Crippen LogP contribution in [-0.2, 0) is 0 Å². The Hall–Kier alpha value is -1.09. The van der Waals surface area contributed by atoms with Crippen molar-refractivity contribution in [2.24, 2.45) is 11.7 Å². The molecule has 3 N–H and O–H groups in total. The second-order valence-electron chi connectivity index (χ2n) is 3.41. The van der Waals surface area contributed by atoms with E-state index in [0.29, 0.717) is 5.92 Å². The summed E-state index contributed by atoms with van der Waals surface area (Å²) in [5.41, 5.74) is 7.66. The molecule has 0 aliphatic rings. The maximum atomic E-state index is 5.51. The predicted octanol–water partition coefficient (Wildman–Crippen LogP) is 1.40. The first-order valence-electron chi connectivity index (χ1n) is 4.59. The Bertz CT molecular complexity index is 260. The van der Waals surface area contributed by atoms with Gasteiger partial charge in [-0.1, -0.05) is 6.92 Å². The van der Waals surface area contributed by atoms with Gasteiger partial charge >= 0.3 is 0 Å². The molecule has 72 valence electrons. The summed E-state index contributed by atoms with van der Waals surface area (Å²) in [6.07, 6.45) is 1.81. The topological polar surface area (TPSA) is 50.9 Å². The Kier molecular flexibility index (Phi) is 3.71. The van der Waals surface area contributed by atoms with Gasteiger partial charge in [0.1, 0.15) is 0 Å². The second kappa shape index (κ2) is 4.82. The fourth-order valence-electron chi connectivity index (χ4n) is 1.03. The number of pyridine rings is 1. The molecule has 0 saturated heterocycles. The minimum absolute atomic E-state index is 0.508. The highest BCUT2D eigenvalue weighted by Crippen LogP contribution is 2.07. The van der Waals surface area contributed by atoms with E-state index in [1.807, 2.05) is 25.3 Å². The van der Waals surface area contributed by atoms with Gasteiger partial charge in [0.2, 0.25) is 0 Å². The second-order valence-corrected chi connectivity index (χ2v) is 3.41. The van der Waals surface area contributed by atoms with Gasteiger partial charge in [-0.2, -0.15) is 0 Å². The molecule has 1 aromatic rings. The molecule has 0 saturated carbocycles. The van der Waals surface area contributed by atoms with E-state index in [0.717, 1.165) is 24.5 Å². The molecule has 1 heterocycles. The number of rotatable bonds is 4. The minimum Gasteiger partial charge on any atom is -0.385 e. The third-order valence-corrected chi connectivity index (χ3v) is 1.95. The van der Waals surface area contributed by atoms with E-state index in [1.54, 1.807) is 0 Å². The number of nitrogens with two attached hydrogens (primary N) is 1. The van der Waals surface area contributed by atoms with Crippen molar-refractivity contribution < 1.29 is 0 Å². The lowest BCUT2D eigenvalue weighted by Crippen LogP contribution is -2.19. The summed E-state index contributed by atoms with van der Waals surface area (Å²) < 4.78 is 0. The van der Waals surface area contributed by atoms with Crippen LogP contribution in [-0.4, -0.2) is 18.1 Å². The lowest BCUT2D eigenvalue weighted by atomic mass is 10.2. The number of aromatic nitrogens is 1. The van der Waals surface area contributed by atoms with Crippen molar-refractivity contribution in [1.82, 2.24) is 4.98 Å². The van der Waals surface area contributed by atoms with Crippen molar-refractivity contribution in [3.05, 3.63) is 24.0 Å². The van der Waals surface area contributed by atoms with Gasteiger partial charge in [-0.3, -0.25) is 4.98 Å². The quantitative estimate of drug-likeness (QED) is 0.734. The molecule has 1 aromatic heterocycles. The van der Waals surface area contributed by atoms with E-state index in [9.17, 15) is 0 Å². The summed E-state index contributed by atoms with van der Waals surface area (Å²) in [5, 5.41) is 3.32. The van der Waals surface area contributed by atoms with Gasteiger partial charge < -0.3 is 11.1 Å². The molecule has 0 aromatic carbocycles. The van der Waals surface area contributed by atoms with Crippen LogP contribution >= 0.6 is 0 Å². The zero-order valence-corrected chi connectivity index (χ0v) is 8.25. The van der Waals surface area contributed by atoms with Gasteiger partial charge in [0.25, 0.3) is 0 Å². The Morgan fingerprint density at radius 3 is 3.00 bits per heavy atom. The number of nitrogens with one attached hydrogen (secondary N) is 1. The van der Waals surface area contributed by atoms with E-state index in [2.05, 4.69) is 17.2 Å². The number of nitrogens with zero attached hydrogens (tertiary/aromatic N) is 1. The van der Waals surface area contributed by atoms with E-state index in [-0.39, 0.29) is 0 Å². The van der Waals surface area contributed by atoms with Crippen LogP contribution in [0.2, 0.25) is 0 Å². The summed E-state index contributed by atoms with van der Waals surface area (Å²) in [7, 11) is 0. The first-order chi connectivity index (χ1) is 6.22. The molecule has 3 heteroatoms. The van der Waals surface area contributed by atoms with Crippen LogP contribution in [0.3, 0.4) is 0 Å². The van der Waals surface area contributed by atoms with Gasteiger partial charge in [-0.15, -0.1) is 0 Å². The molecule has 0 aliphatic heterocycles. The number of hydrogen-bond acceptors (Lipinski definition) is 3. The Labute approximate surface area is 79.4 Å². The zero-order chi connectivity index (χ0) is 9.68. The zero-order valence-electron chi connectivity index (χ0n) is 8.25. The summed E-state index contributed by atoms with van der Waals surface area (Å²) in [5.74, 6) is 0.508. The molecule has 0 amide bonds. The molecule has 0 aliphatic carbocycles. The third kappa shape index (κ3) is 3.42. The van der Waals surface area contributed by atoms with E-state index in [4.69, 9.17) is 5.73 Å². The number of anilines is 1. The van der Waals surface area contributed by atoms with Crippen molar-refractivity contribution in [3.63, 3.8) is 0 Å². The molecule has 0 bridgehead atoms. The highest BCUT2D eigenvalue weighted by atomic mass is 14.9. The maximum absolute atomic E-state index is 5.51. The van der Waals surface area contributed by atoms with Crippen LogP contribution in [0.4, 0.5) is 5.69 Å². The predicted molar refractivity (Wildman–Crippen MR) is 55.7 cm³/mol. The van der Waals surface area contributed by atoms with Crippen molar-refractivity contribution in [2.45, 2.75) is 13.8 Å². The highest BCUT2D eigenvalue weighted by molar-refractivity contribution is 5.42. The molecule has 0 fully saturated rings. The van der Waals surface area contributed by atoms with Gasteiger partial charge in [-0.05, 0) is 31.5 Å². The average Bonchev–Trinajstić information content (AvgIpc) is 2.14. The minimum atomic E-state index is 0.508. The lowest BCUT2D eigenvalue weighted by molar-refractivity contribution is 0.628. The summed E-state index contributed by atoms with van der Waals surface area (Å²) in [6, 6.07) is 4.00. The van der Waals surface area contributed by atoms with Crippen LogP contribution in [0, 0.1) is 12.8 Å². The monoisotopic (exact) mass is 179 g/mol.